The number of hydrogen-bond donors (Lipinski definition) is 1. The van der Waals surface area contributed by atoms with E-state index in [4.69, 9.17) is 11.2 Å². The molecule has 1 N–H and O–H groups in total. The maximum absolute atomic E-state index is 13.4. The summed E-state index contributed by atoms with van der Waals surface area (Å²) in [5, 5.41) is 10.2. The lowest BCUT2D eigenvalue weighted by Gasteiger charge is -2.25. The van der Waals surface area contributed by atoms with Gasteiger partial charge in [-0.2, -0.15) is 0 Å². The lowest BCUT2D eigenvalue weighted by atomic mass is 10.2. The number of aliphatic hydroxyl groups is 1. The monoisotopic (exact) mass is 356 g/mol. The summed E-state index contributed by atoms with van der Waals surface area (Å²) in [5.41, 5.74) is 2.08. The van der Waals surface area contributed by atoms with Gasteiger partial charge in [0.1, 0.15) is 12.4 Å². The fraction of sp³-hybridized carbons (Fsp3) is 0.429. The van der Waals surface area contributed by atoms with E-state index in [1.54, 1.807) is 12.1 Å². The first-order valence-electron chi connectivity index (χ1n) is 8.97. The zero-order valence-electron chi connectivity index (χ0n) is 14.9. The summed E-state index contributed by atoms with van der Waals surface area (Å²) in [5.74, 6) is 2.19. The molecule has 3 rings (SSSR count). The third-order valence-electron chi connectivity index (χ3n) is 4.53. The van der Waals surface area contributed by atoms with Crippen molar-refractivity contribution in [2.45, 2.75) is 38.1 Å². The van der Waals surface area contributed by atoms with Gasteiger partial charge in [-0.3, -0.25) is 4.90 Å². The summed E-state index contributed by atoms with van der Waals surface area (Å²) >= 11 is 0. The van der Waals surface area contributed by atoms with Crippen molar-refractivity contribution >= 4 is 0 Å². The van der Waals surface area contributed by atoms with E-state index >= 15 is 0 Å². The number of benzene rings is 1. The smallest absolute Gasteiger partial charge is 0.123 e. The van der Waals surface area contributed by atoms with E-state index in [-0.39, 0.29) is 19.0 Å². The van der Waals surface area contributed by atoms with Crippen LogP contribution >= 0.6 is 0 Å². The summed E-state index contributed by atoms with van der Waals surface area (Å²) in [6.07, 6.45) is 8.92. The molecular formula is C21H25FN2O2. The number of halogens is 1. The molecule has 1 saturated carbocycles. The third-order valence-corrected chi connectivity index (χ3v) is 4.53. The van der Waals surface area contributed by atoms with Crippen LogP contribution in [0.2, 0.25) is 0 Å². The van der Waals surface area contributed by atoms with Crippen LogP contribution in [0.25, 0.3) is 0 Å². The number of aliphatic hydroxyl groups excluding tert-OH is 1. The highest BCUT2D eigenvalue weighted by atomic mass is 19.1. The molecule has 26 heavy (non-hydrogen) atoms. The standard InChI is InChI=1S/C21H25FN2O2/c1-2-11-26-16-21(25)15-24(19-8-9-19)14-20-7-4-10-23(20)13-17-5-3-6-18(22)12-17/h1,3-7,10,12,19,21,25H,8-9,11,13-16H2/t21-/m1/s1. The molecule has 1 fully saturated rings. The zero-order chi connectivity index (χ0) is 18.4. The highest BCUT2D eigenvalue weighted by Gasteiger charge is 2.30. The van der Waals surface area contributed by atoms with E-state index in [9.17, 15) is 9.50 Å². The van der Waals surface area contributed by atoms with Gasteiger partial charge in [0.05, 0.1) is 12.7 Å². The molecule has 5 heteroatoms. The molecule has 0 radical (unpaired) electrons. The van der Waals surface area contributed by atoms with E-state index in [2.05, 4.69) is 21.5 Å². The number of nitrogens with zero attached hydrogens (tertiary/aromatic N) is 2. The minimum Gasteiger partial charge on any atom is -0.389 e. The Hall–Kier alpha value is -2.13. The molecule has 4 nitrogen and oxygen atoms in total. The molecule has 0 unspecified atom stereocenters. The lowest BCUT2D eigenvalue weighted by molar-refractivity contribution is 0.0238. The number of hydrogen-bond acceptors (Lipinski definition) is 3. The van der Waals surface area contributed by atoms with E-state index in [0.29, 0.717) is 19.1 Å². The Morgan fingerprint density at radius 3 is 2.92 bits per heavy atom. The fourth-order valence-corrected chi connectivity index (χ4v) is 3.15. The van der Waals surface area contributed by atoms with E-state index in [0.717, 1.165) is 30.6 Å². The Morgan fingerprint density at radius 1 is 1.35 bits per heavy atom. The van der Waals surface area contributed by atoms with Gasteiger partial charge in [0.2, 0.25) is 0 Å². The maximum atomic E-state index is 13.4. The molecule has 1 aromatic carbocycles. The van der Waals surface area contributed by atoms with Gasteiger partial charge >= 0.3 is 0 Å². The minimum absolute atomic E-state index is 0.217. The zero-order valence-corrected chi connectivity index (χ0v) is 14.9. The third kappa shape index (κ3) is 5.43. The van der Waals surface area contributed by atoms with Crippen molar-refractivity contribution in [1.82, 2.24) is 9.47 Å². The molecule has 0 aliphatic heterocycles. The summed E-state index contributed by atoms with van der Waals surface area (Å²) < 4.78 is 20.8. The molecule has 2 aromatic rings. The second-order valence-corrected chi connectivity index (χ2v) is 6.79. The van der Waals surface area contributed by atoms with Gasteiger partial charge in [-0.05, 0) is 42.7 Å². The first-order valence-corrected chi connectivity index (χ1v) is 8.97. The average molecular weight is 356 g/mol. The first kappa shape index (κ1) is 18.7. The maximum Gasteiger partial charge on any atom is 0.123 e. The first-order chi connectivity index (χ1) is 12.7. The second kappa shape index (κ2) is 9.00. The molecule has 0 spiro atoms. The molecule has 0 amide bonds. The Balaban J connectivity index is 1.61. The Labute approximate surface area is 154 Å². The topological polar surface area (TPSA) is 37.6 Å². The fourth-order valence-electron chi connectivity index (χ4n) is 3.15. The van der Waals surface area contributed by atoms with Crippen molar-refractivity contribution in [2.24, 2.45) is 0 Å². The van der Waals surface area contributed by atoms with Crippen molar-refractivity contribution in [3.05, 3.63) is 59.7 Å². The predicted octanol–water partition coefficient (Wildman–Crippen LogP) is 2.65. The molecule has 1 heterocycles. The second-order valence-electron chi connectivity index (χ2n) is 6.79. The van der Waals surface area contributed by atoms with Crippen LogP contribution in [-0.2, 0) is 17.8 Å². The van der Waals surface area contributed by atoms with Gasteiger partial charge in [0.15, 0.2) is 0 Å². The molecule has 1 atom stereocenters. The van der Waals surface area contributed by atoms with Crippen LogP contribution in [0.1, 0.15) is 24.1 Å². The van der Waals surface area contributed by atoms with Crippen LogP contribution in [0.5, 0.6) is 0 Å². The molecular weight excluding hydrogens is 331 g/mol. The van der Waals surface area contributed by atoms with Gasteiger partial charge in [-0.25, -0.2) is 4.39 Å². The predicted molar refractivity (Wildman–Crippen MR) is 99.0 cm³/mol. The van der Waals surface area contributed by atoms with Crippen molar-refractivity contribution < 1.29 is 14.2 Å². The normalized spacial score (nSPS) is 15.2. The SMILES string of the molecule is C#CCOC[C@H](O)CN(Cc1cccn1Cc1cccc(F)c1)C1CC1. The van der Waals surface area contributed by atoms with Crippen LogP contribution in [0.15, 0.2) is 42.6 Å². The molecule has 1 aromatic heterocycles. The van der Waals surface area contributed by atoms with E-state index in [1.165, 1.54) is 6.07 Å². The molecule has 1 aliphatic rings. The van der Waals surface area contributed by atoms with Gasteiger partial charge in [-0.1, -0.05) is 18.1 Å². The highest BCUT2D eigenvalue weighted by Crippen LogP contribution is 2.28. The van der Waals surface area contributed by atoms with Gasteiger partial charge in [-0.15, -0.1) is 6.42 Å². The van der Waals surface area contributed by atoms with Gasteiger partial charge in [0, 0.05) is 37.6 Å². The number of rotatable bonds is 10. The molecule has 138 valence electrons. The Kier molecular flexibility index (Phi) is 6.45. The van der Waals surface area contributed by atoms with E-state index < -0.39 is 6.10 Å². The van der Waals surface area contributed by atoms with Crippen molar-refractivity contribution in [3.8, 4) is 12.3 Å². The van der Waals surface area contributed by atoms with E-state index in [1.807, 2.05) is 18.3 Å². The van der Waals surface area contributed by atoms with Crippen LogP contribution in [0.3, 0.4) is 0 Å². The summed E-state index contributed by atoms with van der Waals surface area (Å²) in [6.45, 7) is 2.40. The quantitative estimate of drug-likeness (QED) is 0.525. The van der Waals surface area contributed by atoms with Crippen LogP contribution in [-0.4, -0.2) is 46.5 Å². The van der Waals surface area contributed by atoms with Crippen molar-refractivity contribution in [2.75, 3.05) is 19.8 Å². The molecule has 0 saturated heterocycles. The molecule has 1 aliphatic carbocycles. The molecule has 0 bridgehead atoms. The van der Waals surface area contributed by atoms with Crippen molar-refractivity contribution in [3.63, 3.8) is 0 Å². The van der Waals surface area contributed by atoms with Crippen LogP contribution in [0.4, 0.5) is 4.39 Å². The van der Waals surface area contributed by atoms with Gasteiger partial charge in [0.25, 0.3) is 0 Å². The van der Waals surface area contributed by atoms with Crippen molar-refractivity contribution in [1.29, 1.82) is 0 Å². The summed E-state index contributed by atoms with van der Waals surface area (Å²) in [7, 11) is 0. The lowest BCUT2D eigenvalue weighted by Crippen LogP contribution is -2.36. The van der Waals surface area contributed by atoms with Crippen LogP contribution < -0.4 is 0 Å². The number of terminal acetylenes is 1. The minimum atomic E-state index is -0.560. The number of ether oxygens (including phenoxy) is 1. The number of aromatic nitrogens is 1. The average Bonchev–Trinajstić information content (AvgIpc) is 3.37. The summed E-state index contributed by atoms with van der Waals surface area (Å²) in [4.78, 5) is 2.29. The highest BCUT2D eigenvalue weighted by molar-refractivity contribution is 5.19. The Morgan fingerprint density at radius 2 is 2.19 bits per heavy atom. The largest absolute Gasteiger partial charge is 0.389 e. The summed E-state index contributed by atoms with van der Waals surface area (Å²) in [6, 6.07) is 11.3. The Bertz CT molecular complexity index is 748. The van der Waals surface area contributed by atoms with Crippen LogP contribution in [0, 0.1) is 18.2 Å². The van der Waals surface area contributed by atoms with Gasteiger partial charge < -0.3 is 14.4 Å².